The predicted molar refractivity (Wildman–Crippen MR) is 77.7 cm³/mol. The Labute approximate surface area is 120 Å². The summed E-state index contributed by atoms with van der Waals surface area (Å²) in [5, 5.41) is 0. The van der Waals surface area contributed by atoms with Gasteiger partial charge in [-0.15, -0.1) is 11.8 Å². The van der Waals surface area contributed by atoms with Crippen molar-refractivity contribution >= 4 is 19.4 Å². The van der Waals surface area contributed by atoms with Crippen LogP contribution in [0.15, 0.2) is 0 Å². The SMILES string of the molecule is CCOP(=O)(CSCC1COC(C)(C)OC1)OCC. The van der Waals surface area contributed by atoms with Gasteiger partial charge in [-0.3, -0.25) is 4.57 Å². The Bertz CT molecular complexity index is 290. The maximum atomic E-state index is 12.2. The molecule has 19 heavy (non-hydrogen) atoms. The van der Waals surface area contributed by atoms with E-state index in [1.807, 2.05) is 27.7 Å². The molecular formula is C12H25O5PS. The van der Waals surface area contributed by atoms with Gasteiger partial charge < -0.3 is 18.5 Å². The van der Waals surface area contributed by atoms with Crippen molar-refractivity contribution in [3.63, 3.8) is 0 Å². The molecule has 0 aliphatic carbocycles. The van der Waals surface area contributed by atoms with Crippen molar-refractivity contribution in [1.82, 2.24) is 0 Å². The van der Waals surface area contributed by atoms with Gasteiger partial charge in [-0.1, -0.05) is 0 Å². The molecule has 114 valence electrons. The van der Waals surface area contributed by atoms with E-state index in [2.05, 4.69) is 0 Å². The van der Waals surface area contributed by atoms with Crippen molar-refractivity contribution in [1.29, 1.82) is 0 Å². The molecule has 1 heterocycles. The summed E-state index contributed by atoms with van der Waals surface area (Å²) in [4.78, 5) is 0. The van der Waals surface area contributed by atoms with E-state index in [9.17, 15) is 4.57 Å². The maximum Gasteiger partial charge on any atom is 0.340 e. The lowest BCUT2D eigenvalue weighted by Gasteiger charge is -2.34. The molecule has 0 bridgehead atoms. The Morgan fingerprint density at radius 2 is 1.74 bits per heavy atom. The smallest absolute Gasteiger partial charge is 0.340 e. The molecule has 0 aromatic carbocycles. The molecule has 0 aromatic rings. The minimum atomic E-state index is -2.93. The molecule has 1 saturated heterocycles. The third kappa shape index (κ3) is 6.61. The van der Waals surface area contributed by atoms with Crippen LogP contribution in [0.2, 0.25) is 0 Å². The van der Waals surface area contributed by atoms with Crippen LogP contribution in [0.4, 0.5) is 0 Å². The van der Waals surface area contributed by atoms with Crippen molar-refractivity contribution < 1.29 is 23.1 Å². The predicted octanol–water partition coefficient (Wildman–Crippen LogP) is 3.34. The fraction of sp³-hybridized carbons (Fsp3) is 1.00. The average Bonchev–Trinajstić information content (AvgIpc) is 2.32. The van der Waals surface area contributed by atoms with Gasteiger partial charge in [0.2, 0.25) is 0 Å². The monoisotopic (exact) mass is 312 g/mol. The molecule has 0 unspecified atom stereocenters. The molecule has 1 fully saturated rings. The van der Waals surface area contributed by atoms with E-state index < -0.39 is 13.4 Å². The molecule has 1 aliphatic rings. The highest BCUT2D eigenvalue weighted by atomic mass is 32.2. The second kappa shape index (κ2) is 8.01. The van der Waals surface area contributed by atoms with E-state index >= 15 is 0 Å². The van der Waals surface area contributed by atoms with E-state index in [0.717, 1.165) is 5.75 Å². The fourth-order valence-corrected chi connectivity index (χ4v) is 4.96. The zero-order chi connectivity index (χ0) is 14.4. The molecule has 0 atom stereocenters. The summed E-state index contributed by atoms with van der Waals surface area (Å²) < 4.78 is 33.9. The van der Waals surface area contributed by atoms with Crippen molar-refractivity contribution in [2.45, 2.75) is 33.5 Å². The average molecular weight is 312 g/mol. The lowest BCUT2D eigenvalue weighted by molar-refractivity contribution is -0.259. The molecule has 0 spiro atoms. The van der Waals surface area contributed by atoms with E-state index in [4.69, 9.17) is 18.5 Å². The normalized spacial score (nSPS) is 20.6. The van der Waals surface area contributed by atoms with Crippen LogP contribution >= 0.6 is 19.4 Å². The molecule has 0 N–H and O–H groups in total. The Balaban J connectivity index is 2.27. The number of hydrogen-bond acceptors (Lipinski definition) is 6. The highest BCUT2D eigenvalue weighted by Gasteiger charge is 2.29. The van der Waals surface area contributed by atoms with Gasteiger partial charge >= 0.3 is 7.60 Å². The van der Waals surface area contributed by atoms with E-state index in [-0.39, 0.29) is 0 Å². The summed E-state index contributed by atoms with van der Waals surface area (Å²) in [5.41, 5.74) is 0.384. The van der Waals surface area contributed by atoms with Gasteiger partial charge in [-0.2, -0.15) is 0 Å². The first kappa shape index (κ1) is 17.5. The summed E-state index contributed by atoms with van der Waals surface area (Å²) in [7, 11) is -2.93. The lowest BCUT2D eigenvalue weighted by atomic mass is 10.2. The van der Waals surface area contributed by atoms with Gasteiger partial charge in [-0.05, 0) is 27.7 Å². The third-order valence-corrected chi connectivity index (χ3v) is 6.59. The summed E-state index contributed by atoms with van der Waals surface area (Å²) in [6.07, 6.45) is 0. The highest BCUT2D eigenvalue weighted by molar-refractivity contribution is 8.04. The topological polar surface area (TPSA) is 54.0 Å². The van der Waals surface area contributed by atoms with E-state index in [1.165, 1.54) is 0 Å². The Hall–Kier alpha value is 0.420. The van der Waals surface area contributed by atoms with Crippen LogP contribution in [0.3, 0.4) is 0 Å². The van der Waals surface area contributed by atoms with Gasteiger partial charge in [0.25, 0.3) is 0 Å². The number of thioether (sulfide) groups is 1. The number of hydrogen-bond donors (Lipinski definition) is 0. The first-order valence-corrected chi connectivity index (χ1v) is 9.53. The van der Waals surface area contributed by atoms with Crippen LogP contribution < -0.4 is 0 Å². The quantitative estimate of drug-likeness (QED) is 0.641. The fourth-order valence-electron chi connectivity index (χ4n) is 1.66. The van der Waals surface area contributed by atoms with Gasteiger partial charge in [0.1, 0.15) is 0 Å². The zero-order valence-corrected chi connectivity index (χ0v) is 13.9. The molecule has 1 aliphatic heterocycles. The summed E-state index contributed by atoms with van der Waals surface area (Å²) in [6.45, 7) is 9.62. The van der Waals surface area contributed by atoms with Crippen LogP contribution in [0.5, 0.6) is 0 Å². The van der Waals surface area contributed by atoms with Crippen LogP contribution in [0, 0.1) is 5.92 Å². The summed E-state index contributed by atoms with van der Waals surface area (Å²) >= 11 is 1.57. The molecule has 5 nitrogen and oxygen atoms in total. The second-order valence-corrected chi connectivity index (χ2v) is 8.35. The van der Waals surface area contributed by atoms with Crippen molar-refractivity contribution in [2.75, 3.05) is 37.7 Å². The van der Waals surface area contributed by atoms with Crippen molar-refractivity contribution in [3.8, 4) is 0 Å². The first-order valence-electron chi connectivity index (χ1n) is 6.64. The Morgan fingerprint density at radius 1 is 1.21 bits per heavy atom. The standard InChI is InChI=1S/C12H25O5PS/c1-5-16-18(13,17-6-2)10-19-9-11-7-14-12(3,4)15-8-11/h11H,5-10H2,1-4H3. The van der Waals surface area contributed by atoms with E-state index in [0.29, 0.717) is 37.8 Å². The summed E-state index contributed by atoms with van der Waals surface area (Å²) in [5.74, 6) is 0.683. The number of rotatable bonds is 8. The van der Waals surface area contributed by atoms with Gasteiger partial charge in [-0.25, -0.2) is 0 Å². The number of ether oxygens (including phenoxy) is 2. The van der Waals surface area contributed by atoms with Crippen LogP contribution in [-0.2, 0) is 23.1 Å². The lowest BCUT2D eigenvalue weighted by Crippen LogP contribution is -2.40. The largest absolute Gasteiger partial charge is 0.350 e. The first-order chi connectivity index (χ1) is 8.91. The zero-order valence-electron chi connectivity index (χ0n) is 12.2. The van der Waals surface area contributed by atoms with E-state index in [1.54, 1.807) is 11.8 Å². The molecular weight excluding hydrogens is 287 g/mol. The molecule has 0 amide bonds. The molecule has 1 rings (SSSR count). The Morgan fingerprint density at radius 3 is 2.21 bits per heavy atom. The minimum absolute atomic E-state index is 0.328. The molecule has 7 heteroatoms. The van der Waals surface area contributed by atoms with Crippen molar-refractivity contribution in [3.05, 3.63) is 0 Å². The van der Waals surface area contributed by atoms with Crippen LogP contribution in [-0.4, -0.2) is 43.5 Å². The molecule has 0 saturated carbocycles. The third-order valence-electron chi connectivity index (χ3n) is 2.59. The Kier molecular flexibility index (Phi) is 7.36. The minimum Gasteiger partial charge on any atom is -0.350 e. The van der Waals surface area contributed by atoms with Crippen LogP contribution in [0.25, 0.3) is 0 Å². The van der Waals surface area contributed by atoms with Gasteiger partial charge in [0, 0.05) is 11.7 Å². The van der Waals surface area contributed by atoms with Gasteiger partial charge in [0.05, 0.1) is 31.9 Å². The maximum absolute atomic E-state index is 12.2. The van der Waals surface area contributed by atoms with Crippen LogP contribution in [0.1, 0.15) is 27.7 Å². The van der Waals surface area contributed by atoms with Gasteiger partial charge in [0.15, 0.2) is 5.79 Å². The van der Waals surface area contributed by atoms with Crippen molar-refractivity contribution in [2.24, 2.45) is 5.92 Å². The molecule has 0 radical (unpaired) electrons. The highest BCUT2D eigenvalue weighted by Crippen LogP contribution is 2.51. The summed E-state index contributed by atoms with van der Waals surface area (Å²) in [6, 6.07) is 0. The second-order valence-electron chi connectivity index (χ2n) is 4.83. The molecule has 0 aromatic heterocycles.